The zero-order chi connectivity index (χ0) is 25.8. The molecule has 1 aromatic heterocycles. The molecule has 0 aliphatic carbocycles. The van der Waals surface area contributed by atoms with Crippen LogP contribution in [0, 0.1) is 0 Å². The number of nitrogens with zero attached hydrogens (tertiary/aromatic N) is 2. The van der Waals surface area contributed by atoms with Crippen molar-refractivity contribution in [1.29, 1.82) is 0 Å². The molecular weight excluding hydrogens is 495 g/mol. The highest BCUT2D eigenvalue weighted by molar-refractivity contribution is 7.91. The van der Waals surface area contributed by atoms with E-state index in [1.165, 1.54) is 36.4 Å². The number of ether oxygens (including phenoxy) is 2. The van der Waals surface area contributed by atoms with E-state index in [2.05, 4.69) is 4.98 Å². The van der Waals surface area contributed by atoms with E-state index in [0.717, 1.165) is 0 Å². The summed E-state index contributed by atoms with van der Waals surface area (Å²) in [4.78, 5) is 4.09. The van der Waals surface area contributed by atoms with Crippen LogP contribution in [0.25, 0.3) is 0 Å². The summed E-state index contributed by atoms with van der Waals surface area (Å²) in [5, 5.41) is 0. The lowest BCUT2D eigenvalue weighted by atomic mass is 10.2. The second-order valence-corrected chi connectivity index (χ2v) is 9.97. The second kappa shape index (κ2) is 10.1. The van der Waals surface area contributed by atoms with Crippen molar-refractivity contribution < 1.29 is 31.1 Å². The molecular formula is C25H23F3N3O4S+. The second-order valence-electron chi connectivity index (χ2n) is 7.89. The minimum atomic E-state index is -4.90. The predicted molar refractivity (Wildman–Crippen MR) is 130 cm³/mol. The first-order chi connectivity index (χ1) is 17.1. The van der Waals surface area contributed by atoms with Gasteiger partial charge >= 0.3 is 16.2 Å². The van der Waals surface area contributed by atoms with Crippen LogP contribution < -0.4 is 19.1 Å². The summed E-state index contributed by atoms with van der Waals surface area (Å²) in [5.74, 6) is -0.131. The topological polar surface area (TPSA) is 91.5 Å². The smallest absolute Gasteiger partial charge is 0.408 e. The molecule has 0 spiro atoms. The maximum Gasteiger partial charge on any atom is 0.408 e. The lowest BCUT2D eigenvalue weighted by Gasteiger charge is -2.38. The number of hydrogen-bond acceptors (Lipinski definition) is 6. The molecule has 0 radical (unpaired) electrons. The van der Waals surface area contributed by atoms with Crippen LogP contribution in [-0.4, -0.2) is 38.4 Å². The fourth-order valence-corrected chi connectivity index (χ4v) is 5.76. The fourth-order valence-electron chi connectivity index (χ4n) is 3.88. The number of nitrogens with two attached hydrogens (primary N) is 1. The third kappa shape index (κ3) is 5.43. The molecule has 0 amide bonds. The Bertz CT molecular complexity index is 1360. The molecule has 3 aromatic rings. The summed E-state index contributed by atoms with van der Waals surface area (Å²) in [6.45, 7) is -0.439. The lowest BCUT2D eigenvalue weighted by molar-refractivity contribution is -0.106. The van der Waals surface area contributed by atoms with E-state index in [9.17, 15) is 21.6 Å². The van der Waals surface area contributed by atoms with Gasteiger partial charge < -0.3 is 15.2 Å². The fraction of sp³-hybridized carbons (Fsp3) is 0.160. The Morgan fingerprint density at radius 3 is 2.08 bits per heavy atom. The van der Waals surface area contributed by atoms with Gasteiger partial charge in [-0.2, -0.15) is 25.5 Å². The van der Waals surface area contributed by atoms with Gasteiger partial charge in [0.15, 0.2) is 11.4 Å². The Labute approximate surface area is 206 Å². The van der Waals surface area contributed by atoms with Crippen molar-refractivity contribution in [2.45, 2.75) is 6.18 Å². The first-order valence-electron chi connectivity index (χ1n) is 10.8. The molecule has 1 aliphatic rings. The van der Waals surface area contributed by atoms with E-state index in [-0.39, 0.29) is 24.5 Å². The van der Waals surface area contributed by atoms with Gasteiger partial charge in [-0.1, -0.05) is 12.1 Å². The van der Waals surface area contributed by atoms with Crippen molar-refractivity contribution in [3.05, 3.63) is 96.9 Å². The number of hydrogen-bond donors (Lipinski definition) is 1. The van der Waals surface area contributed by atoms with E-state index in [4.69, 9.17) is 15.2 Å². The zero-order valence-electron chi connectivity index (χ0n) is 18.9. The van der Waals surface area contributed by atoms with Crippen molar-refractivity contribution >= 4 is 15.7 Å². The van der Waals surface area contributed by atoms with Gasteiger partial charge in [0.2, 0.25) is 5.88 Å². The molecule has 36 heavy (non-hydrogen) atoms. The van der Waals surface area contributed by atoms with Crippen LogP contribution in [0.4, 0.5) is 18.9 Å². The van der Waals surface area contributed by atoms with E-state index < -0.39 is 25.8 Å². The van der Waals surface area contributed by atoms with E-state index in [1.54, 1.807) is 54.7 Å². The van der Waals surface area contributed by atoms with Gasteiger partial charge in [0.25, 0.3) is 0 Å². The minimum absolute atomic E-state index is 0.131. The monoisotopic (exact) mass is 518 g/mol. The van der Waals surface area contributed by atoms with Crippen molar-refractivity contribution in [1.82, 2.24) is 8.87 Å². The molecule has 0 saturated heterocycles. The van der Waals surface area contributed by atoms with Crippen LogP contribution >= 0.6 is 0 Å². The van der Waals surface area contributed by atoms with Crippen LogP contribution in [0.1, 0.15) is 0 Å². The number of aromatic nitrogens is 1. The molecule has 1 aliphatic heterocycles. The Morgan fingerprint density at radius 1 is 0.917 bits per heavy atom. The van der Waals surface area contributed by atoms with Gasteiger partial charge in [0.05, 0.1) is 6.54 Å². The molecule has 7 nitrogen and oxygen atoms in total. The zero-order valence-corrected chi connectivity index (χ0v) is 19.7. The highest BCUT2D eigenvalue weighted by atomic mass is 32.2. The summed E-state index contributed by atoms with van der Waals surface area (Å²) < 4.78 is 76.2. The van der Waals surface area contributed by atoms with Gasteiger partial charge in [-0.25, -0.2) is 4.98 Å². The summed E-state index contributed by atoms with van der Waals surface area (Å²) in [6, 6.07) is 17.9. The summed E-state index contributed by atoms with van der Waals surface area (Å²) in [7, 11) is -4.77. The maximum atomic E-state index is 13.2. The molecule has 0 fully saturated rings. The largest absolute Gasteiger partial charge is 0.457 e. The lowest BCUT2D eigenvalue weighted by Crippen LogP contribution is -2.58. The standard InChI is InChI=1S/C25H23F3N3O4S/c26-25(27,28)18-36(32,33)31(16-4-2-5-20(31)17-29)19-7-9-21(10-8-19)34-22-11-13-23(14-12-22)35-24-6-1-3-15-30-24/h1-15H,16-18,29H2/q+1. The van der Waals surface area contributed by atoms with Crippen LogP contribution in [0.15, 0.2) is 96.9 Å². The van der Waals surface area contributed by atoms with E-state index in [0.29, 0.717) is 23.1 Å². The Kier molecular flexibility index (Phi) is 7.16. The molecule has 4 rings (SSSR count). The van der Waals surface area contributed by atoms with Crippen LogP contribution in [0.2, 0.25) is 0 Å². The van der Waals surface area contributed by atoms with Crippen LogP contribution in [0.5, 0.6) is 23.1 Å². The normalized spacial score (nSPS) is 17.9. The number of sulfonamides is 1. The van der Waals surface area contributed by atoms with Crippen molar-refractivity contribution in [3.63, 3.8) is 0 Å². The number of rotatable bonds is 8. The number of halogens is 3. The first kappa shape index (κ1) is 25.4. The van der Waals surface area contributed by atoms with Gasteiger partial charge in [0.1, 0.15) is 29.5 Å². The van der Waals surface area contributed by atoms with Crippen molar-refractivity contribution in [2.24, 2.45) is 5.73 Å². The third-order valence-electron chi connectivity index (χ3n) is 5.45. The molecule has 188 valence electrons. The Balaban J connectivity index is 1.57. The van der Waals surface area contributed by atoms with Gasteiger partial charge in [-0.05, 0) is 54.6 Å². The average molecular weight is 519 g/mol. The number of quaternary nitrogens is 1. The predicted octanol–water partition coefficient (Wildman–Crippen LogP) is 5.28. The highest BCUT2D eigenvalue weighted by Gasteiger charge is 2.52. The van der Waals surface area contributed by atoms with E-state index in [1.807, 2.05) is 0 Å². The van der Waals surface area contributed by atoms with Crippen molar-refractivity contribution in [3.8, 4) is 23.1 Å². The van der Waals surface area contributed by atoms with Crippen LogP contribution in [-0.2, 0) is 10.0 Å². The summed E-state index contributed by atoms with van der Waals surface area (Å²) in [6.07, 6.45) is 1.24. The molecule has 0 bridgehead atoms. The summed E-state index contributed by atoms with van der Waals surface area (Å²) in [5.41, 5.74) is 6.04. The molecule has 2 heterocycles. The van der Waals surface area contributed by atoms with Gasteiger partial charge in [-0.3, -0.25) is 0 Å². The first-order valence-corrected chi connectivity index (χ1v) is 12.5. The molecule has 1 atom stereocenters. The van der Waals surface area contributed by atoms with Gasteiger partial charge in [0, 0.05) is 24.4 Å². The minimum Gasteiger partial charge on any atom is -0.457 e. The van der Waals surface area contributed by atoms with Crippen LogP contribution in [0.3, 0.4) is 0 Å². The molecule has 1 unspecified atom stereocenters. The molecule has 2 aromatic carbocycles. The van der Waals surface area contributed by atoms with E-state index >= 15 is 0 Å². The Hall–Kier alpha value is -3.67. The van der Waals surface area contributed by atoms with Gasteiger partial charge in [-0.15, -0.1) is 0 Å². The molecule has 2 N–H and O–H groups in total. The number of benzene rings is 2. The average Bonchev–Trinajstić information content (AvgIpc) is 2.85. The third-order valence-corrected chi connectivity index (χ3v) is 7.69. The SMILES string of the molecule is NCC1=CC=CC[N+]1(c1ccc(Oc2ccc(Oc3ccccn3)cc2)cc1)S(=O)(=O)CC(F)(F)F. The van der Waals surface area contributed by atoms with Crippen molar-refractivity contribution in [2.75, 3.05) is 18.8 Å². The molecule has 11 heteroatoms. The Morgan fingerprint density at radius 2 is 1.53 bits per heavy atom. The molecule has 0 saturated carbocycles. The number of alkyl halides is 3. The quantitative estimate of drug-likeness (QED) is 0.408. The summed E-state index contributed by atoms with van der Waals surface area (Å²) >= 11 is 0. The number of allylic oxidation sites excluding steroid dienone is 2. The number of pyridine rings is 1. The maximum absolute atomic E-state index is 13.2. The highest BCUT2D eigenvalue weighted by Crippen LogP contribution is 2.39.